The number of epoxide rings is 2. The van der Waals surface area contributed by atoms with E-state index in [1.807, 2.05) is 0 Å². The second-order valence-corrected chi connectivity index (χ2v) is 10.1. The van der Waals surface area contributed by atoms with Gasteiger partial charge in [-0.2, -0.15) is 0 Å². The first-order valence-corrected chi connectivity index (χ1v) is 13.6. The lowest BCUT2D eigenvalue weighted by atomic mass is 10.00. The smallest absolute Gasteiger partial charge is 0.188 e. The second-order valence-electron chi connectivity index (χ2n) is 10.1. The van der Waals surface area contributed by atoms with Crippen molar-refractivity contribution in [3.05, 3.63) is 106 Å². The summed E-state index contributed by atoms with van der Waals surface area (Å²) in [5, 5.41) is 0. The summed E-state index contributed by atoms with van der Waals surface area (Å²) < 4.78 is 141. The zero-order valence-electron chi connectivity index (χ0n) is 23.3. The molecule has 0 aromatic heterocycles. The van der Waals surface area contributed by atoms with Crippen molar-refractivity contribution in [2.24, 2.45) is 9.98 Å². The average Bonchev–Trinajstić information content (AvgIpc) is 4.00. The number of nitrogens with zero attached hydrogens (tertiary/aromatic N) is 2. The van der Waals surface area contributed by atoms with Gasteiger partial charge in [-0.3, -0.25) is 0 Å². The number of aliphatic imine (C=N–C) groups is 2. The first-order valence-electron chi connectivity index (χ1n) is 13.6. The van der Waals surface area contributed by atoms with E-state index in [9.17, 15) is 17.6 Å². The van der Waals surface area contributed by atoms with Gasteiger partial charge >= 0.3 is 0 Å². The van der Waals surface area contributed by atoms with E-state index in [1.165, 1.54) is 48.5 Å². The van der Waals surface area contributed by atoms with Crippen LogP contribution >= 0.6 is 0 Å². The summed E-state index contributed by atoms with van der Waals surface area (Å²) in [4.78, 5) is 6.87. The molecule has 0 spiro atoms. The second kappa shape index (κ2) is 12.9. The quantitative estimate of drug-likeness (QED) is 0.0731. The topological polar surface area (TPSA) is 68.2 Å². The fraction of sp³-hybridized carbons (Fsp3) is 0.188. The Morgan fingerprint density at radius 1 is 0.522 bits per heavy atom. The number of halogens is 8. The van der Waals surface area contributed by atoms with E-state index in [4.69, 9.17) is 18.9 Å². The monoisotopic (exact) mass is 648 g/mol. The van der Waals surface area contributed by atoms with Crippen molar-refractivity contribution in [1.29, 1.82) is 0 Å². The molecule has 2 saturated heterocycles. The van der Waals surface area contributed by atoms with Crippen molar-refractivity contribution in [2.75, 3.05) is 26.4 Å². The highest BCUT2D eigenvalue weighted by Crippen LogP contribution is 2.41. The zero-order chi connectivity index (χ0) is 32.5. The van der Waals surface area contributed by atoms with Crippen molar-refractivity contribution >= 4 is 23.8 Å². The molecule has 6 rings (SSSR count). The molecule has 2 aliphatic heterocycles. The molecule has 2 atom stereocenters. The molecular weight excluding hydrogens is 628 g/mol. The minimum atomic E-state index is -2.33. The zero-order valence-corrected chi connectivity index (χ0v) is 23.3. The molecular formula is C32H20F8N2O4. The predicted octanol–water partition coefficient (Wildman–Crippen LogP) is 7.52. The van der Waals surface area contributed by atoms with Crippen LogP contribution in [0.3, 0.4) is 0 Å². The van der Waals surface area contributed by atoms with Gasteiger partial charge < -0.3 is 18.9 Å². The van der Waals surface area contributed by atoms with Crippen LogP contribution in [0.1, 0.15) is 11.1 Å². The van der Waals surface area contributed by atoms with Crippen molar-refractivity contribution in [1.82, 2.24) is 0 Å². The van der Waals surface area contributed by atoms with Crippen LogP contribution in [0.25, 0.3) is 11.1 Å². The molecule has 238 valence electrons. The van der Waals surface area contributed by atoms with Gasteiger partial charge in [-0.05, 0) is 59.7 Å². The van der Waals surface area contributed by atoms with E-state index < -0.39 is 69.0 Å². The first kappa shape index (κ1) is 31.2. The molecule has 0 amide bonds. The summed E-state index contributed by atoms with van der Waals surface area (Å²) in [5.41, 5.74) is -6.50. The maximum absolute atomic E-state index is 15.0. The molecule has 46 heavy (non-hydrogen) atoms. The highest BCUT2D eigenvalue weighted by molar-refractivity contribution is 5.84. The van der Waals surface area contributed by atoms with Crippen LogP contribution in [0.2, 0.25) is 0 Å². The third-order valence-electron chi connectivity index (χ3n) is 6.85. The molecule has 2 heterocycles. The Morgan fingerprint density at radius 3 is 1.11 bits per heavy atom. The van der Waals surface area contributed by atoms with Crippen LogP contribution < -0.4 is 9.47 Å². The molecule has 0 radical (unpaired) electrons. The predicted molar refractivity (Wildman–Crippen MR) is 149 cm³/mol. The molecule has 6 nitrogen and oxygen atoms in total. The number of rotatable bonds is 11. The van der Waals surface area contributed by atoms with Crippen LogP contribution in [-0.4, -0.2) is 51.1 Å². The van der Waals surface area contributed by atoms with E-state index in [1.54, 1.807) is 0 Å². The third-order valence-corrected chi connectivity index (χ3v) is 6.85. The van der Waals surface area contributed by atoms with E-state index in [0.717, 1.165) is 12.4 Å². The molecule has 0 bridgehead atoms. The van der Waals surface area contributed by atoms with E-state index in [0.29, 0.717) is 37.9 Å². The Morgan fingerprint density at radius 2 is 0.826 bits per heavy atom. The minimum absolute atomic E-state index is 0.00356. The number of hydrogen-bond acceptors (Lipinski definition) is 6. The lowest BCUT2D eigenvalue weighted by molar-refractivity contribution is 0.263. The Kier molecular flexibility index (Phi) is 8.73. The molecule has 4 aromatic carbocycles. The molecule has 0 N–H and O–H groups in total. The van der Waals surface area contributed by atoms with Gasteiger partial charge in [0.25, 0.3) is 0 Å². The van der Waals surface area contributed by atoms with E-state index in [-0.39, 0.29) is 23.3 Å². The summed E-state index contributed by atoms with van der Waals surface area (Å²) in [7, 11) is 0. The van der Waals surface area contributed by atoms with Crippen LogP contribution in [0, 0.1) is 46.5 Å². The molecule has 0 saturated carbocycles. The van der Waals surface area contributed by atoms with Gasteiger partial charge in [0.15, 0.2) is 46.5 Å². The molecule has 0 aliphatic carbocycles. The van der Waals surface area contributed by atoms with Gasteiger partial charge in [0, 0.05) is 12.4 Å². The lowest BCUT2D eigenvalue weighted by Gasteiger charge is -2.13. The van der Waals surface area contributed by atoms with Gasteiger partial charge in [-0.25, -0.2) is 45.1 Å². The van der Waals surface area contributed by atoms with Crippen molar-refractivity contribution in [3.63, 3.8) is 0 Å². The minimum Gasteiger partial charge on any atom is -0.491 e. The Bertz CT molecular complexity index is 1650. The summed E-state index contributed by atoms with van der Waals surface area (Å²) >= 11 is 0. The highest BCUT2D eigenvalue weighted by atomic mass is 19.2. The van der Waals surface area contributed by atoms with Gasteiger partial charge in [0.1, 0.15) is 48.3 Å². The fourth-order valence-corrected chi connectivity index (χ4v) is 4.19. The lowest BCUT2D eigenvalue weighted by Crippen LogP contribution is -2.07. The standard InChI is InChI=1S/C32H20F8N2O4/c33-23-21(24(34)28(38)31(27(23)37)41-9-15-1-5-17(6-2-15)43-11-19-13-45-19)22-25(35)29(39)32(30(40)26(22)36)42-10-16-3-7-18(8-4-16)44-12-20-14-46-20/h1-10,19-20H,11-14H2. The first-order chi connectivity index (χ1) is 22.1. The van der Waals surface area contributed by atoms with Crippen LogP contribution in [0.15, 0.2) is 58.5 Å². The maximum Gasteiger partial charge on any atom is 0.188 e. The third kappa shape index (κ3) is 6.58. The summed E-state index contributed by atoms with van der Waals surface area (Å²) in [6, 6.07) is 11.7. The molecule has 2 fully saturated rings. The Balaban J connectivity index is 1.26. The summed E-state index contributed by atoms with van der Waals surface area (Å²) in [6.07, 6.45) is 1.74. The van der Waals surface area contributed by atoms with Crippen LogP contribution in [0.4, 0.5) is 46.5 Å². The van der Waals surface area contributed by atoms with Crippen LogP contribution in [-0.2, 0) is 9.47 Å². The van der Waals surface area contributed by atoms with Gasteiger partial charge in [-0.1, -0.05) is 0 Å². The summed E-state index contributed by atoms with van der Waals surface area (Å²) in [5.74, 6) is -17.1. The van der Waals surface area contributed by atoms with E-state index >= 15 is 17.6 Å². The SMILES string of the molecule is Fc1c(F)c(-c2c(F)c(F)c(N=Cc3ccc(OCC4CO4)cc3)c(F)c2F)c(F)c(F)c1N=Cc1ccc(OCC2CO2)cc1. The van der Waals surface area contributed by atoms with Gasteiger partial charge in [0.05, 0.1) is 24.3 Å². The number of ether oxygens (including phenoxy) is 4. The fourth-order valence-electron chi connectivity index (χ4n) is 4.19. The molecule has 2 unspecified atom stereocenters. The van der Waals surface area contributed by atoms with Gasteiger partial charge in [0.2, 0.25) is 0 Å². The van der Waals surface area contributed by atoms with Crippen LogP contribution in [0.5, 0.6) is 11.5 Å². The molecule has 14 heteroatoms. The van der Waals surface area contributed by atoms with Gasteiger partial charge in [-0.15, -0.1) is 0 Å². The Labute approximate surface area is 255 Å². The molecule has 4 aromatic rings. The average molecular weight is 649 g/mol. The normalized spacial score (nSPS) is 17.2. The highest BCUT2D eigenvalue weighted by Gasteiger charge is 2.34. The number of benzene rings is 4. The summed E-state index contributed by atoms with van der Waals surface area (Å²) in [6.45, 7) is 1.81. The van der Waals surface area contributed by atoms with E-state index in [2.05, 4.69) is 9.98 Å². The maximum atomic E-state index is 15.0. The van der Waals surface area contributed by atoms with Crippen molar-refractivity contribution < 1.29 is 54.1 Å². The Hall–Kier alpha value is -4.82. The molecule has 2 aliphatic rings. The van der Waals surface area contributed by atoms with Crippen molar-refractivity contribution in [3.8, 4) is 22.6 Å². The van der Waals surface area contributed by atoms with Crippen molar-refractivity contribution in [2.45, 2.75) is 12.2 Å². The number of hydrogen-bond donors (Lipinski definition) is 0. The largest absolute Gasteiger partial charge is 0.491 e.